The Morgan fingerprint density at radius 1 is 1.07 bits per heavy atom. The number of fused-ring (bicyclic) bond motifs is 1. The van der Waals surface area contributed by atoms with Crippen molar-refractivity contribution in [1.29, 1.82) is 0 Å². The molecular weight excluding hydrogens is 398 g/mol. The van der Waals surface area contributed by atoms with Gasteiger partial charge in [-0.1, -0.05) is 36.4 Å². The lowest BCUT2D eigenvalue weighted by Crippen LogP contribution is -2.36. The van der Waals surface area contributed by atoms with Gasteiger partial charge in [0.2, 0.25) is 5.91 Å². The molecule has 0 unspecified atom stereocenters. The van der Waals surface area contributed by atoms with Crippen molar-refractivity contribution in [3.8, 4) is 0 Å². The fraction of sp³-hybridized carbons (Fsp3) is 0.174. The summed E-state index contributed by atoms with van der Waals surface area (Å²) < 4.78 is 2.14. The standard InChI is InChI=1S/C23H21N3O3S/c1-15(2)25-13-16(18-10-6-7-11-19(18)25)12-20-22(28)26(23(29)30-20)14-21(27)24-17-8-4-3-5-9-17/h3-13,15H,14H2,1-2H3,(H,24,27). The van der Waals surface area contributed by atoms with Crippen molar-refractivity contribution in [2.24, 2.45) is 0 Å². The van der Waals surface area contributed by atoms with Crippen molar-refractivity contribution in [2.45, 2.75) is 19.9 Å². The number of nitrogens with one attached hydrogen (secondary N) is 1. The van der Waals surface area contributed by atoms with E-state index in [1.54, 1.807) is 30.3 Å². The number of thioether (sulfide) groups is 1. The maximum Gasteiger partial charge on any atom is 0.294 e. The Morgan fingerprint density at radius 2 is 1.77 bits per heavy atom. The van der Waals surface area contributed by atoms with Crippen LogP contribution in [0.1, 0.15) is 25.5 Å². The summed E-state index contributed by atoms with van der Waals surface area (Å²) >= 11 is 0.860. The topological polar surface area (TPSA) is 71.4 Å². The van der Waals surface area contributed by atoms with E-state index in [2.05, 4.69) is 23.7 Å². The van der Waals surface area contributed by atoms with E-state index < -0.39 is 17.1 Å². The quantitative estimate of drug-likeness (QED) is 0.597. The van der Waals surface area contributed by atoms with E-state index in [-0.39, 0.29) is 12.6 Å². The summed E-state index contributed by atoms with van der Waals surface area (Å²) in [5.41, 5.74) is 2.56. The Bertz CT molecular complexity index is 1160. The molecular formula is C23H21N3O3S. The first-order valence-corrected chi connectivity index (χ1v) is 10.5. The molecule has 2 heterocycles. The number of imide groups is 1. The Morgan fingerprint density at radius 3 is 2.50 bits per heavy atom. The van der Waals surface area contributed by atoms with Crippen LogP contribution < -0.4 is 5.32 Å². The van der Waals surface area contributed by atoms with Gasteiger partial charge < -0.3 is 9.88 Å². The fourth-order valence-corrected chi connectivity index (χ4v) is 4.25. The minimum atomic E-state index is -0.449. The summed E-state index contributed by atoms with van der Waals surface area (Å²) in [5.74, 6) is -0.865. The zero-order chi connectivity index (χ0) is 21.3. The lowest BCUT2D eigenvalue weighted by molar-refractivity contribution is -0.127. The molecule has 1 aliphatic heterocycles. The van der Waals surface area contributed by atoms with Crippen LogP contribution in [0.2, 0.25) is 0 Å². The first-order valence-electron chi connectivity index (χ1n) is 9.64. The predicted molar refractivity (Wildman–Crippen MR) is 120 cm³/mol. The highest BCUT2D eigenvalue weighted by Crippen LogP contribution is 2.34. The lowest BCUT2D eigenvalue weighted by atomic mass is 10.1. The summed E-state index contributed by atoms with van der Waals surface area (Å²) in [6.07, 6.45) is 3.73. The van der Waals surface area contributed by atoms with Crippen LogP contribution in [-0.4, -0.2) is 33.1 Å². The number of nitrogens with zero attached hydrogens (tertiary/aromatic N) is 2. The van der Waals surface area contributed by atoms with Gasteiger partial charge in [0.15, 0.2) is 0 Å². The second kappa shape index (κ2) is 8.20. The van der Waals surface area contributed by atoms with Crippen LogP contribution in [0, 0.1) is 0 Å². The summed E-state index contributed by atoms with van der Waals surface area (Å²) in [7, 11) is 0. The molecule has 0 aliphatic carbocycles. The van der Waals surface area contributed by atoms with Gasteiger partial charge in [-0.15, -0.1) is 0 Å². The summed E-state index contributed by atoms with van der Waals surface area (Å²) in [5, 5.41) is 3.27. The molecule has 1 N–H and O–H groups in total. The van der Waals surface area contributed by atoms with E-state index in [0.29, 0.717) is 10.6 Å². The predicted octanol–water partition coefficient (Wildman–Crippen LogP) is 4.90. The maximum absolute atomic E-state index is 12.8. The molecule has 30 heavy (non-hydrogen) atoms. The SMILES string of the molecule is CC(C)n1cc(C=C2SC(=O)N(CC(=O)Nc3ccccc3)C2=O)c2ccccc21. The van der Waals surface area contributed by atoms with Crippen LogP contribution in [-0.2, 0) is 9.59 Å². The molecule has 3 amide bonds. The highest BCUT2D eigenvalue weighted by Gasteiger charge is 2.36. The largest absolute Gasteiger partial charge is 0.344 e. The molecule has 7 heteroatoms. The highest BCUT2D eigenvalue weighted by atomic mass is 32.2. The third kappa shape index (κ3) is 3.89. The number of hydrogen-bond donors (Lipinski definition) is 1. The van der Waals surface area contributed by atoms with Crippen molar-refractivity contribution >= 4 is 51.5 Å². The molecule has 1 fully saturated rings. The van der Waals surface area contributed by atoms with Crippen molar-refractivity contribution in [3.05, 3.63) is 71.3 Å². The Labute approximate surface area is 178 Å². The third-order valence-electron chi connectivity index (χ3n) is 4.85. The molecule has 2 aromatic carbocycles. The van der Waals surface area contributed by atoms with Crippen molar-refractivity contribution < 1.29 is 14.4 Å². The van der Waals surface area contributed by atoms with Crippen LogP contribution in [0.25, 0.3) is 17.0 Å². The molecule has 0 bridgehead atoms. The molecule has 1 aromatic heterocycles. The molecule has 6 nitrogen and oxygen atoms in total. The van der Waals surface area contributed by atoms with Crippen LogP contribution in [0.5, 0.6) is 0 Å². The second-order valence-corrected chi connectivity index (χ2v) is 8.28. The summed E-state index contributed by atoms with van der Waals surface area (Å²) in [4.78, 5) is 38.8. The minimum Gasteiger partial charge on any atom is -0.344 e. The number of amides is 3. The van der Waals surface area contributed by atoms with Gasteiger partial charge >= 0.3 is 0 Å². The van der Waals surface area contributed by atoms with Gasteiger partial charge in [-0.2, -0.15) is 0 Å². The molecule has 1 saturated heterocycles. The average Bonchev–Trinajstić information content (AvgIpc) is 3.22. The van der Waals surface area contributed by atoms with Gasteiger partial charge in [0.25, 0.3) is 11.1 Å². The number of hydrogen-bond acceptors (Lipinski definition) is 4. The number of carbonyl (C=O) groups excluding carboxylic acids is 3. The summed E-state index contributed by atoms with van der Waals surface area (Å²) in [6.45, 7) is 3.87. The van der Waals surface area contributed by atoms with Crippen molar-refractivity contribution in [1.82, 2.24) is 9.47 Å². The van der Waals surface area contributed by atoms with Gasteiger partial charge in [0, 0.05) is 34.4 Å². The smallest absolute Gasteiger partial charge is 0.294 e. The van der Waals surface area contributed by atoms with Crippen molar-refractivity contribution in [3.63, 3.8) is 0 Å². The molecule has 4 rings (SSSR count). The molecule has 1 aliphatic rings. The molecule has 0 radical (unpaired) electrons. The zero-order valence-electron chi connectivity index (χ0n) is 16.7. The number of rotatable bonds is 5. The fourth-order valence-electron chi connectivity index (χ4n) is 3.42. The number of carbonyl (C=O) groups is 3. The van der Waals surface area contributed by atoms with Gasteiger partial charge in [-0.25, -0.2) is 0 Å². The van der Waals surface area contributed by atoms with Crippen LogP contribution in [0.4, 0.5) is 10.5 Å². The normalized spacial score (nSPS) is 15.6. The molecule has 0 atom stereocenters. The van der Waals surface area contributed by atoms with E-state index in [0.717, 1.165) is 33.1 Å². The molecule has 0 saturated carbocycles. The van der Waals surface area contributed by atoms with Crippen LogP contribution >= 0.6 is 11.8 Å². The van der Waals surface area contributed by atoms with E-state index in [1.807, 2.05) is 36.5 Å². The molecule has 0 spiro atoms. The van der Waals surface area contributed by atoms with Crippen LogP contribution in [0.15, 0.2) is 65.7 Å². The number of benzene rings is 2. The van der Waals surface area contributed by atoms with Gasteiger partial charge in [-0.3, -0.25) is 19.3 Å². The second-order valence-electron chi connectivity index (χ2n) is 7.28. The highest BCUT2D eigenvalue weighted by molar-refractivity contribution is 8.18. The molecule has 3 aromatic rings. The third-order valence-corrected chi connectivity index (χ3v) is 5.75. The Hall–Kier alpha value is -3.32. The van der Waals surface area contributed by atoms with E-state index in [1.165, 1.54) is 0 Å². The van der Waals surface area contributed by atoms with E-state index >= 15 is 0 Å². The van der Waals surface area contributed by atoms with Crippen LogP contribution in [0.3, 0.4) is 0 Å². The van der Waals surface area contributed by atoms with Gasteiger partial charge in [-0.05, 0) is 49.9 Å². The van der Waals surface area contributed by atoms with E-state index in [4.69, 9.17) is 0 Å². The number of anilines is 1. The maximum atomic E-state index is 12.8. The van der Waals surface area contributed by atoms with E-state index in [9.17, 15) is 14.4 Å². The van der Waals surface area contributed by atoms with Gasteiger partial charge in [0.05, 0.1) is 4.91 Å². The first kappa shape index (κ1) is 20.0. The Kier molecular flexibility index (Phi) is 5.46. The molecule has 152 valence electrons. The minimum absolute atomic E-state index is 0.258. The number of para-hydroxylation sites is 2. The zero-order valence-corrected chi connectivity index (χ0v) is 17.5. The van der Waals surface area contributed by atoms with Crippen molar-refractivity contribution in [2.75, 3.05) is 11.9 Å². The first-order chi connectivity index (χ1) is 14.4. The monoisotopic (exact) mass is 419 g/mol. The lowest BCUT2D eigenvalue weighted by Gasteiger charge is -2.12. The Balaban J connectivity index is 1.56. The number of aromatic nitrogens is 1. The summed E-state index contributed by atoms with van der Waals surface area (Å²) in [6, 6.07) is 17.1. The van der Waals surface area contributed by atoms with Gasteiger partial charge in [0.1, 0.15) is 6.54 Å². The average molecular weight is 420 g/mol.